The number of nitrogens with zero attached hydrogens (tertiary/aromatic N) is 1. The summed E-state index contributed by atoms with van der Waals surface area (Å²) in [5.41, 5.74) is 0.658. The van der Waals surface area contributed by atoms with Crippen molar-refractivity contribution < 1.29 is 22.7 Å². The summed E-state index contributed by atoms with van der Waals surface area (Å²) >= 11 is 0. The number of benzene rings is 1. The molecule has 2 aliphatic heterocycles. The van der Waals surface area contributed by atoms with Crippen molar-refractivity contribution in [3.05, 3.63) is 23.8 Å². The molecular weight excluding hydrogens is 368 g/mol. The van der Waals surface area contributed by atoms with Crippen LogP contribution in [0.25, 0.3) is 0 Å². The van der Waals surface area contributed by atoms with Gasteiger partial charge >= 0.3 is 0 Å². The molecule has 1 N–H and O–H groups in total. The zero-order chi connectivity index (χ0) is 19.4. The third kappa shape index (κ3) is 4.62. The fraction of sp³-hybridized carbons (Fsp3) is 0.632. The van der Waals surface area contributed by atoms with Gasteiger partial charge in [-0.15, -0.1) is 0 Å². The maximum absolute atomic E-state index is 13.0. The van der Waals surface area contributed by atoms with Crippen molar-refractivity contribution in [1.82, 2.24) is 9.62 Å². The average molecular weight is 397 g/mol. The number of sulfonamides is 1. The molecule has 3 rings (SSSR count). The van der Waals surface area contributed by atoms with Gasteiger partial charge in [0.1, 0.15) is 5.75 Å². The zero-order valence-corrected chi connectivity index (χ0v) is 16.8. The monoisotopic (exact) mass is 396 g/mol. The number of rotatable bonds is 6. The summed E-state index contributed by atoms with van der Waals surface area (Å²) in [6, 6.07) is 4.97. The second-order valence-electron chi connectivity index (χ2n) is 7.19. The van der Waals surface area contributed by atoms with Gasteiger partial charge in [0.15, 0.2) is 0 Å². The Kier molecular flexibility index (Phi) is 6.39. The van der Waals surface area contributed by atoms with Crippen molar-refractivity contribution in [2.24, 2.45) is 5.92 Å². The number of carbonyl (C=O) groups is 1. The number of nitrogens with one attached hydrogen (secondary N) is 1. The highest BCUT2D eigenvalue weighted by Gasteiger charge is 2.33. The Morgan fingerprint density at radius 3 is 2.63 bits per heavy atom. The molecular formula is C19H28N2O5S. The number of amides is 1. The van der Waals surface area contributed by atoms with Gasteiger partial charge < -0.3 is 14.8 Å². The first-order chi connectivity index (χ1) is 12.9. The summed E-state index contributed by atoms with van der Waals surface area (Å²) in [6.45, 7) is 3.78. The van der Waals surface area contributed by atoms with Crippen LogP contribution in [0.5, 0.6) is 5.75 Å². The lowest BCUT2D eigenvalue weighted by Gasteiger charge is -2.31. The van der Waals surface area contributed by atoms with E-state index >= 15 is 0 Å². The molecule has 0 aliphatic carbocycles. The van der Waals surface area contributed by atoms with Crippen LogP contribution in [0.15, 0.2) is 23.1 Å². The van der Waals surface area contributed by atoms with E-state index in [9.17, 15) is 13.2 Å². The Bertz CT molecular complexity index is 766. The molecule has 27 heavy (non-hydrogen) atoms. The SMILES string of the molecule is COc1ccc(S(=O)(=O)N2CCC(C(=O)NCC3CCCO3)CC2)c(C)c1. The number of carbonyl (C=O) groups excluding carboxylic acids is 1. The minimum atomic E-state index is -3.57. The maximum atomic E-state index is 13.0. The van der Waals surface area contributed by atoms with E-state index in [1.54, 1.807) is 32.2 Å². The van der Waals surface area contributed by atoms with Crippen molar-refractivity contribution in [3.8, 4) is 5.75 Å². The second kappa shape index (κ2) is 8.58. The molecule has 1 unspecified atom stereocenters. The van der Waals surface area contributed by atoms with Crippen LogP contribution in [0.4, 0.5) is 0 Å². The van der Waals surface area contributed by atoms with Crippen molar-refractivity contribution in [2.45, 2.75) is 43.6 Å². The second-order valence-corrected chi connectivity index (χ2v) is 9.10. The molecule has 1 aromatic carbocycles. The molecule has 2 aliphatic rings. The van der Waals surface area contributed by atoms with Gasteiger partial charge in [0, 0.05) is 32.2 Å². The topological polar surface area (TPSA) is 84.9 Å². The van der Waals surface area contributed by atoms with Crippen LogP contribution in [0.3, 0.4) is 0 Å². The van der Waals surface area contributed by atoms with Crippen molar-refractivity contribution in [1.29, 1.82) is 0 Å². The van der Waals surface area contributed by atoms with Crippen LogP contribution < -0.4 is 10.1 Å². The normalized spacial score (nSPS) is 21.9. The minimum absolute atomic E-state index is 0.00294. The number of methoxy groups -OCH3 is 1. The molecule has 8 heteroatoms. The van der Waals surface area contributed by atoms with E-state index in [1.165, 1.54) is 4.31 Å². The molecule has 0 saturated carbocycles. The zero-order valence-electron chi connectivity index (χ0n) is 15.9. The van der Waals surface area contributed by atoms with Crippen molar-refractivity contribution in [2.75, 3.05) is 33.4 Å². The standard InChI is InChI=1S/C19H28N2O5S/c1-14-12-16(25-2)5-6-18(14)27(23,24)21-9-7-15(8-10-21)19(22)20-13-17-4-3-11-26-17/h5-6,12,15,17H,3-4,7-11,13H2,1-2H3,(H,20,22). The molecule has 7 nitrogen and oxygen atoms in total. The molecule has 2 heterocycles. The molecule has 0 bridgehead atoms. The van der Waals surface area contributed by atoms with E-state index in [0.29, 0.717) is 48.7 Å². The summed E-state index contributed by atoms with van der Waals surface area (Å²) < 4.78 is 38.0. The Morgan fingerprint density at radius 1 is 1.30 bits per heavy atom. The predicted octanol–water partition coefficient (Wildman–Crippen LogP) is 1.70. The Morgan fingerprint density at radius 2 is 2.04 bits per heavy atom. The summed E-state index contributed by atoms with van der Waals surface area (Å²) in [7, 11) is -2.01. The van der Waals surface area contributed by atoms with Crippen LogP contribution >= 0.6 is 0 Å². The van der Waals surface area contributed by atoms with Gasteiger partial charge in [-0.1, -0.05) is 0 Å². The van der Waals surface area contributed by atoms with Crippen LogP contribution in [0.1, 0.15) is 31.2 Å². The molecule has 0 aromatic heterocycles. The Hall–Kier alpha value is -1.64. The molecule has 2 fully saturated rings. The molecule has 1 atom stereocenters. The van der Waals surface area contributed by atoms with E-state index in [2.05, 4.69) is 5.32 Å². The van der Waals surface area contributed by atoms with E-state index in [0.717, 1.165) is 19.4 Å². The van der Waals surface area contributed by atoms with Gasteiger partial charge in [0.05, 0.1) is 18.1 Å². The highest BCUT2D eigenvalue weighted by atomic mass is 32.2. The fourth-order valence-electron chi connectivity index (χ4n) is 3.70. The van der Waals surface area contributed by atoms with Gasteiger partial charge in [-0.2, -0.15) is 4.31 Å². The van der Waals surface area contributed by atoms with Gasteiger partial charge in [0.2, 0.25) is 15.9 Å². The number of ether oxygens (including phenoxy) is 2. The first-order valence-corrected chi connectivity index (χ1v) is 10.9. The third-order valence-electron chi connectivity index (χ3n) is 5.35. The van der Waals surface area contributed by atoms with E-state index in [1.807, 2.05) is 0 Å². The maximum Gasteiger partial charge on any atom is 0.243 e. The van der Waals surface area contributed by atoms with Crippen LogP contribution in [0, 0.1) is 12.8 Å². The predicted molar refractivity (Wildman–Crippen MR) is 101 cm³/mol. The lowest BCUT2D eigenvalue weighted by molar-refractivity contribution is -0.126. The molecule has 1 amide bonds. The van der Waals surface area contributed by atoms with E-state index in [-0.39, 0.29) is 17.9 Å². The van der Waals surface area contributed by atoms with E-state index in [4.69, 9.17) is 9.47 Å². The fourth-order valence-corrected chi connectivity index (χ4v) is 5.38. The summed E-state index contributed by atoms with van der Waals surface area (Å²) in [5, 5.41) is 2.96. The Balaban J connectivity index is 1.56. The van der Waals surface area contributed by atoms with Crippen molar-refractivity contribution >= 4 is 15.9 Å². The van der Waals surface area contributed by atoms with Gasteiger partial charge in [-0.3, -0.25) is 4.79 Å². The minimum Gasteiger partial charge on any atom is -0.497 e. The molecule has 0 spiro atoms. The van der Waals surface area contributed by atoms with Crippen LogP contribution in [0.2, 0.25) is 0 Å². The van der Waals surface area contributed by atoms with Crippen LogP contribution in [-0.4, -0.2) is 58.1 Å². The number of hydrogen-bond donors (Lipinski definition) is 1. The lowest BCUT2D eigenvalue weighted by atomic mass is 9.97. The largest absolute Gasteiger partial charge is 0.497 e. The quantitative estimate of drug-likeness (QED) is 0.791. The molecule has 0 radical (unpaired) electrons. The third-order valence-corrected chi connectivity index (χ3v) is 7.41. The average Bonchev–Trinajstić information content (AvgIpc) is 3.19. The summed E-state index contributed by atoms with van der Waals surface area (Å²) in [6.07, 6.45) is 3.21. The van der Waals surface area contributed by atoms with Gasteiger partial charge in [-0.25, -0.2) is 8.42 Å². The number of aryl methyl sites for hydroxylation is 1. The smallest absolute Gasteiger partial charge is 0.243 e. The van der Waals surface area contributed by atoms with Crippen LogP contribution in [-0.2, 0) is 19.6 Å². The Labute approximate surface area is 161 Å². The van der Waals surface area contributed by atoms with Gasteiger partial charge in [-0.05, 0) is 56.4 Å². The number of hydrogen-bond acceptors (Lipinski definition) is 5. The van der Waals surface area contributed by atoms with E-state index < -0.39 is 10.0 Å². The summed E-state index contributed by atoms with van der Waals surface area (Å²) in [4.78, 5) is 12.7. The highest BCUT2D eigenvalue weighted by molar-refractivity contribution is 7.89. The lowest BCUT2D eigenvalue weighted by Crippen LogP contribution is -2.44. The van der Waals surface area contributed by atoms with Crippen molar-refractivity contribution in [3.63, 3.8) is 0 Å². The number of piperidine rings is 1. The molecule has 2 saturated heterocycles. The first-order valence-electron chi connectivity index (χ1n) is 9.46. The summed E-state index contributed by atoms with van der Waals surface area (Å²) in [5.74, 6) is 0.492. The first kappa shape index (κ1) is 20.1. The molecule has 150 valence electrons. The van der Waals surface area contributed by atoms with Gasteiger partial charge in [0.25, 0.3) is 0 Å². The molecule has 1 aromatic rings. The highest BCUT2D eigenvalue weighted by Crippen LogP contribution is 2.27.